The van der Waals surface area contributed by atoms with Crippen molar-refractivity contribution in [1.82, 2.24) is 4.98 Å². The van der Waals surface area contributed by atoms with Crippen molar-refractivity contribution >= 4 is 28.6 Å². The molecule has 2 rings (SSSR count). The fourth-order valence-corrected chi connectivity index (χ4v) is 2.36. The van der Waals surface area contributed by atoms with Crippen LogP contribution in [0.2, 0.25) is 0 Å². The fraction of sp³-hybridized carbons (Fsp3) is 0.333. The maximum absolute atomic E-state index is 8.85. The zero-order valence-corrected chi connectivity index (χ0v) is 9.15. The van der Waals surface area contributed by atoms with E-state index in [1.807, 2.05) is 6.07 Å². The number of pyridine rings is 1. The Morgan fingerprint density at radius 1 is 1.62 bits per heavy atom. The summed E-state index contributed by atoms with van der Waals surface area (Å²) in [7, 11) is 0. The third kappa shape index (κ3) is 1.48. The molecule has 13 heavy (non-hydrogen) atoms. The van der Waals surface area contributed by atoms with Gasteiger partial charge in [-0.05, 0) is 18.9 Å². The summed E-state index contributed by atoms with van der Waals surface area (Å²) in [5, 5.41) is 8.85. The minimum absolute atomic E-state index is 0.582. The molecular formula is C9H8IN3. The summed E-state index contributed by atoms with van der Waals surface area (Å²) in [6, 6.07) is 4.11. The smallest absolute Gasteiger partial charge is 0.145 e. The van der Waals surface area contributed by atoms with E-state index in [9.17, 15) is 0 Å². The third-order valence-corrected chi connectivity index (χ3v) is 3.18. The molecule has 0 aliphatic carbocycles. The number of anilines is 1. The largest absolute Gasteiger partial charge is 0.314 e. The van der Waals surface area contributed by atoms with Crippen molar-refractivity contribution in [3.63, 3.8) is 0 Å². The van der Waals surface area contributed by atoms with Gasteiger partial charge in [-0.1, -0.05) is 0 Å². The SMILES string of the molecule is N#Cc1nccc2c1CCCN2I. The predicted octanol–water partition coefficient (Wildman–Crippen LogP) is 2.06. The number of halogens is 1. The summed E-state index contributed by atoms with van der Waals surface area (Å²) < 4.78 is 2.15. The summed E-state index contributed by atoms with van der Waals surface area (Å²) in [5.74, 6) is 0. The fourth-order valence-electron chi connectivity index (χ4n) is 1.57. The number of nitrogens with zero attached hydrogens (tertiary/aromatic N) is 3. The van der Waals surface area contributed by atoms with Crippen LogP contribution in [0.5, 0.6) is 0 Å². The Bertz CT molecular complexity index is 370. The van der Waals surface area contributed by atoms with Crippen LogP contribution in [0.3, 0.4) is 0 Å². The van der Waals surface area contributed by atoms with Crippen LogP contribution in [0.4, 0.5) is 5.69 Å². The quantitative estimate of drug-likeness (QED) is 0.541. The van der Waals surface area contributed by atoms with Crippen LogP contribution in [0.1, 0.15) is 17.7 Å². The first kappa shape index (κ1) is 8.75. The van der Waals surface area contributed by atoms with Gasteiger partial charge in [0.15, 0.2) is 0 Å². The van der Waals surface area contributed by atoms with E-state index in [1.54, 1.807) is 6.20 Å². The van der Waals surface area contributed by atoms with Gasteiger partial charge in [0, 0.05) is 18.3 Å². The van der Waals surface area contributed by atoms with E-state index in [1.165, 1.54) is 0 Å². The monoisotopic (exact) mass is 285 g/mol. The maximum atomic E-state index is 8.85. The molecule has 2 heterocycles. The van der Waals surface area contributed by atoms with Crippen LogP contribution < -0.4 is 3.11 Å². The molecule has 0 saturated heterocycles. The van der Waals surface area contributed by atoms with Crippen molar-refractivity contribution in [2.45, 2.75) is 12.8 Å². The van der Waals surface area contributed by atoms with Gasteiger partial charge in [-0.15, -0.1) is 0 Å². The number of nitriles is 1. The topological polar surface area (TPSA) is 39.9 Å². The Morgan fingerprint density at radius 2 is 2.46 bits per heavy atom. The molecule has 0 amide bonds. The number of aromatic nitrogens is 1. The lowest BCUT2D eigenvalue weighted by atomic mass is 10.0. The summed E-state index contributed by atoms with van der Waals surface area (Å²) in [4.78, 5) is 4.05. The highest BCUT2D eigenvalue weighted by Crippen LogP contribution is 2.30. The number of hydrogen-bond acceptors (Lipinski definition) is 3. The predicted molar refractivity (Wildman–Crippen MR) is 58.6 cm³/mol. The molecule has 0 spiro atoms. The molecule has 1 aliphatic heterocycles. The Labute approximate surface area is 90.9 Å². The zero-order chi connectivity index (χ0) is 9.26. The molecule has 1 aromatic heterocycles. The van der Waals surface area contributed by atoms with Gasteiger partial charge in [0.2, 0.25) is 0 Å². The standard InChI is InChI=1S/C9H8IN3/c10-13-5-1-2-7-8(6-11)12-4-3-9(7)13/h3-4H,1-2,5H2. The Balaban J connectivity index is 2.56. The molecular weight excluding hydrogens is 277 g/mol. The van der Waals surface area contributed by atoms with Crippen LogP contribution in [-0.2, 0) is 6.42 Å². The molecule has 0 bridgehead atoms. The molecule has 1 aromatic rings. The van der Waals surface area contributed by atoms with Crippen LogP contribution >= 0.6 is 22.9 Å². The van der Waals surface area contributed by atoms with Crippen LogP contribution in [0.15, 0.2) is 12.3 Å². The van der Waals surface area contributed by atoms with Gasteiger partial charge in [-0.25, -0.2) is 4.98 Å². The molecule has 1 aliphatic rings. The third-order valence-electron chi connectivity index (χ3n) is 2.18. The number of rotatable bonds is 0. The molecule has 0 N–H and O–H groups in total. The van der Waals surface area contributed by atoms with Gasteiger partial charge in [-0.3, -0.25) is 0 Å². The summed E-state index contributed by atoms with van der Waals surface area (Å²) in [6.45, 7) is 1.06. The summed E-state index contributed by atoms with van der Waals surface area (Å²) >= 11 is 2.28. The molecule has 0 saturated carbocycles. The highest BCUT2D eigenvalue weighted by atomic mass is 127. The first-order chi connectivity index (χ1) is 6.33. The Morgan fingerprint density at radius 3 is 3.23 bits per heavy atom. The number of fused-ring (bicyclic) bond motifs is 1. The maximum Gasteiger partial charge on any atom is 0.145 e. The van der Waals surface area contributed by atoms with Gasteiger partial charge < -0.3 is 3.11 Å². The number of hydrogen-bond donors (Lipinski definition) is 0. The lowest BCUT2D eigenvalue weighted by Crippen LogP contribution is -2.20. The second kappa shape index (κ2) is 3.50. The Kier molecular flexibility index (Phi) is 2.36. The van der Waals surface area contributed by atoms with E-state index < -0.39 is 0 Å². The molecule has 66 valence electrons. The van der Waals surface area contributed by atoms with E-state index in [2.05, 4.69) is 37.0 Å². The van der Waals surface area contributed by atoms with Gasteiger partial charge in [0.05, 0.1) is 28.6 Å². The van der Waals surface area contributed by atoms with E-state index in [-0.39, 0.29) is 0 Å². The first-order valence-electron chi connectivity index (χ1n) is 4.14. The van der Waals surface area contributed by atoms with Crippen LogP contribution in [-0.4, -0.2) is 11.5 Å². The van der Waals surface area contributed by atoms with Crippen molar-refractivity contribution in [1.29, 1.82) is 5.26 Å². The van der Waals surface area contributed by atoms with Crippen LogP contribution in [0.25, 0.3) is 0 Å². The van der Waals surface area contributed by atoms with Crippen molar-refractivity contribution in [3.8, 4) is 6.07 Å². The molecule has 0 atom stereocenters. The highest BCUT2D eigenvalue weighted by molar-refractivity contribution is 14.1. The van der Waals surface area contributed by atoms with Crippen molar-refractivity contribution in [2.75, 3.05) is 9.66 Å². The Hall–Kier alpha value is -0.830. The second-order valence-corrected chi connectivity index (χ2v) is 4.12. The van der Waals surface area contributed by atoms with Gasteiger partial charge in [0.25, 0.3) is 0 Å². The van der Waals surface area contributed by atoms with Crippen molar-refractivity contribution in [2.24, 2.45) is 0 Å². The second-order valence-electron chi connectivity index (χ2n) is 2.96. The van der Waals surface area contributed by atoms with Crippen LogP contribution in [0, 0.1) is 11.3 Å². The van der Waals surface area contributed by atoms with Crippen molar-refractivity contribution < 1.29 is 0 Å². The van der Waals surface area contributed by atoms with E-state index in [0.29, 0.717) is 5.69 Å². The molecule has 3 nitrogen and oxygen atoms in total. The van der Waals surface area contributed by atoms with E-state index in [4.69, 9.17) is 5.26 Å². The molecule has 4 heteroatoms. The summed E-state index contributed by atoms with van der Waals surface area (Å²) in [6.07, 6.45) is 3.79. The van der Waals surface area contributed by atoms with Gasteiger partial charge in [0.1, 0.15) is 11.8 Å². The van der Waals surface area contributed by atoms with Gasteiger partial charge in [-0.2, -0.15) is 5.26 Å². The first-order valence-corrected chi connectivity index (χ1v) is 5.10. The molecule has 0 fully saturated rings. The molecule has 0 aromatic carbocycles. The average Bonchev–Trinajstić information content (AvgIpc) is 2.18. The van der Waals surface area contributed by atoms with E-state index >= 15 is 0 Å². The molecule has 0 unspecified atom stereocenters. The minimum atomic E-state index is 0.582. The van der Waals surface area contributed by atoms with Gasteiger partial charge >= 0.3 is 0 Å². The normalized spacial score (nSPS) is 14.9. The molecule has 0 radical (unpaired) electrons. The lowest BCUT2D eigenvalue weighted by molar-refractivity contribution is 0.797. The zero-order valence-electron chi connectivity index (χ0n) is 7.00. The highest BCUT2D eigenvalue weighted by Gasteiger charge is 2.17. The lowest BCUT2D eigenvalue weighted by Gasteiger charge is -2.25. The average molecular weight is 285 g/mol. The minimum Gasteiger partial charge on any atom is -0.314 e. The summed E-state index contributed by atoms with van der Waals surface area (Å²) in [5.41, 5.74) is 2.84. The van der Waals surface area contributed by atoms with Crippen molar-refractivity contribution in [3.05, 3.63) is 23.5 Å². The van der Waals surface area contributed by atoms with E-state index in [0.717, 1.165) is 30.6 Å².